The van der Waals surface area contributed by atoms with Gasteiger partial charge in [0.2, 0.25) is 0 Å². The highest BCUT2D eigenvalue weighted by Gasteiger charge is 2.48. The average molecular weight is 255 g/mol. The van der Waals surface area contributed by atoms with E-state index < -0.39 is 0 Å². The van der Waals surface area contributed by atoms with Crippen molar-refractivity contribution in [1.29, 1.82) is 0 Å². The van der Waals surface area contributed by atoms with E-state index in [-0.39, 0.29) is 23.2 Å². The highest BCUT2D eigenvalue weighted by atomic mass is 16.5. The molecule has 0 bridgehead atoms. The van der Waals surface area contributed by atoms with Crippen LogP contribution in [0.2, 0.25) is 0 Å². The van der Waals surface area contributed by atoms with Gasteiger partial charge in [0, 0.05) is 24.1 Å². The van der Waals surface area contributed by atoms with Crippen molar-refractivity contribution >= 4 is 0 Å². The summed E-state index contributed by atoms with van der Waals surface area (Å²) in [6.07, 6.45) is 4.55. The molecule has 1 saturated carbocycles. The van der Waals surface area contributed by atoms with Crippen molar-refractivity contribution in [3.63, 3.8) is 0 Å². The van der Waals surface area contributed by atoms with E-state index in [0.29, 0.717) is 12.1 Å². The molecule has 18 heavy (non-hydrogen) atoms. The quantitative estimate of drug-likeness (QED) is 0.814. The summed E-state index contributed by atoms with van der Waals surface area (Å²) in [7, 11) is 0. The van der Waals surface area contributed by atoms with Gasteiger partial charge >= 0.3 is 0 Å². The third kappa shape index (κ3) is 2.59. The zero-order valence-electron chi connectivity index (χ0n) is 12.5. The summed E-state index contributed by atoms with van der Waals surface area (Å²) in [6, 6.07) is 0.797. The molecule has 0 aromatic heterocycles. The van der Waals surface area contributed by atoms with Crippen LogP contribution in [-0.2, 0) is 4.74 Å². The van der Waals surface area contributed by atoms with Crippen LogP contribution >= 0.6 is 0 Å². The Kier molecular flexibility index (Phi) is 3.54. The summed E-state index contributed by atoms with van der Waals surface area (Å²) in [5.74, 6) is 0. The fourth-order valence-electron chi connectivity index (χ4n) is 3.77. The molecule has 2 aliphatic rings. The Morgan fingerprint density at radius 2 is 1.83 bits per heavy atom. The number of aliphatic hydroxyl groups is 1. The maximum absolute atomic E-state index is 9.63. The van der Waals surface area contributed by atoms with Crippen molar-refractivity contribution in [2.45, 2.75) is 83.6 Å². The fraction of sp³-hybridized carbons (Fsp3) is 1.00. The molecule has 106 valence electrons. The lowest BCUT2D eigenvalue weighted by atomic mass is 9.84. The molecule has 1 saturated heterocycles. The lowest BCUT2D eigenvalue weighted by Crippen LogP contribution is -2.52. The standard InChI is InChI=1S/C15H29NO2/c1-13(2)9-12(14(3,4)18-13)16-11-7-6-8-15(11,5)10-17/h11-12,16-17H,6-10H2,1-5H3. The molecule has 1 heterocycles. The van der Waals surface area contributed by atoms with Gasteiger partial charge in [0.1, 0.15) is 0 Å². The second-order valence-corrected chi connectivity index (χ2v) is 7.65. The van der Waals surface area contributed by atoms with E-state index in [9.17, 15) is 5.11 Å². The van der Waals surface area contributed by atoms with E-state index in [0.717, 1.165) is 12.8 Å². The maximum atomic E-state index is 9.63. The molecule has 1 aliphatic heterocycles. The van der Waals surface area contributed by atoms with Crippen LogP contribution in [0.25, 0.3) is 0 Å². The number of rotatable bonds is 3. The van der Waals surface area contributed by atoms with Crippen LogP contribution in [0.1, 0.15) is 60.3 Å². The van der Waals surface area contributed by atoms with Crippen molar-refractivity contribution in [2.75, 3.05) is 6.61 Å². The van der Waals surface area contributed by atoms with Gasteiger partial charge in [-0.05, 0) is 47.0 Å². The molecule has 3 nitrogen and oxygen atoms in total. The van der Waals surface area contributed by atoms with E-state index in [1.54, 1.807) is 0 Å². The molecular formula is C15H29NO2. The minimum Gasteiger partial charge on any atom is -0.396 e. The lowest BCUT2D eigenvalue weighted by Gasteiger charge is -2.36. The van der Waals surface area contributed by atoms with Gasteiger partial charge < -0.3 is 15.2 Å². The number of ether oxygens (including phenoxy) is 1. The van der Waals surface area contributed by atoms with Crippen molar-refractivity contribution in [2.24, 2.45) is 5.41 Å². The Hall–Kier alpha value is -0.120. The van der Waals surface area contributed by atoms with Crippen LogP contribution in [0.3, 0.4) is 0 Å². The summed E-state index contributed by atoms with van der Waals surface area (Å²) in [6.45, 7) is 11.1. The zero-order chi connectivity index (χ0) is 13.6. The predicted molar refractivity (Wildman–Crippen MR) is 73.6 cm³/mol. The maximum Gasteiger partial charge on any atom is 0.0787 e. The smallest absolute Gasteiger partial charge is 0.0787 e. The van der Waals surface area contributed by atoms with E-state index in [4.69, 9.17) is 4.74 Å². The molecule has 0 spiro atoms. The zero-order valence-corrected chi connectivity index (χ0v) is 12.5. The van der Waals surface area contributed by atoms with Gasteiger partial charge in [0.05, 0.1) is 11.2 Å². The molecule has 0 aromatic rings. The second-order valence-electron chi connectivity index (χ2n) is 7.65. The number of hydrogen-bond donors (Lipinski definition) is 2. The predicted octanol–water partition coefficient (Wildman–Crippen LogP) is 2.47. The summed E-state index contributed by atoms with van der Waals surface area (Å²) in [5.41, 5.74) is -0.124. The van der Waals surface area contributed by atoms with E-state index in [1.807, 2.05) is 0 Å². The Morgan fingerprint density at radius 1 is 1.17 bits per heavy atom. The number of nitrogens with one attached hydrogen (secondary N) is 1. The molecule has 2 N–H and O–H groups in total. The third-order valence-corrected chi connectivity index (χ3v) is 4.92. The van der Waals surface area contributed by atoms with Gasteiger partial charge in [0.15, 0.2) is 0 Å². The molecule has 1 aliphatic carbocycles. The first-order chi connectivity index (χ1) is 8.19. The Morgan fingerprint density at radius 3 is 2.33 bits per heavy atom. The monoisotopic (exact) mass is 255 g/mol. The third-order valence-electron chi connectivity index (χ3n) is 4.92. The van der Waals surface area contributed by atoms with Crippen LogP contribution in [0.5, 0.6) is 0 Å². The van der Waals surface area contributed by atoms with Gasteiger partial charge in [-0.1, -0.05) is 13.3 Å². The summed E-state index contributed by atoms with van der Waals surface area (Å²) in [4.78, 5) is 0. The van der Waals surface area contributed by atoms with Gasteiger partial charge in [-0.2, -0.15) is 0 Å². The first kappa shape index (κ1) is 14.3. The average Bonchev–Trinajstić information content (AvgIpc) is 2.67. The van der Waals surface area contributed by atoms with E-state index >= 15 is 0 Å². The van der Waals surface area contributed by atoms with Gasteiger partial charge in [-0.3, -0.25) is 0 Å². The largest absolute Gasteiger partial charge is 0.396 e. The molecule has 3 heteroatoms. The molecule has 0 amide bonds. The molecule has 3 atom stereocenters. The highest BCUT2D eigenvalue weighted by Crippen LogP contribution is 2.42. The second kappa shape index (κ2) is 4.46. The van der Waals surface area contributed by atoms with Gasteiger partial charge in [-0.15, -0.1) is 0 Å². The van der Waals surface area contributed by atoms with Crippen LogP contribution < -0.4 is 5.32 Å². The molecular weight excluding hydrogens is 226 g/mol. The Balaban J connectivity index is 2.06. The first-order valence-corrected chi connectivity index (χ1v) is 7.26. The van der Waals surface area contributed by atoms with Crippen LogP contribution in [0.4, 0.5) is 0 Å². The normalized spacial score (nSPS) is 42.3. The topological polar surface area (TPSA) is 41.5 Å². The summed E-state index contributed by atoms with van der Waals surface area (Å²) < 4.78 is 6.14. The van der Waals surface area contributed by atoms with Gasteiger partial charge in [0.25, 0.3) is 0 Å². The van der Waals surface area contributed by atoms with Crippen molar-refractivity contribution in [3.8, 4) is 0 Å². The lowest BCUT2D eigenvalue weighted by molar-refractivity contribution is -0.0714. The summed E-state index contributed by atoms with van der Waals surface area (Å²) in [5, 5.41) is 13.4. The first-order valence-electron chi connectivity index (χ1n) is 7.26. The van der Waals surface area contributed by atoms with Crippen LogP contribution in [-0.4, -0.2) is 35.0 Å². The molecule has 0 aromatic carbocycles. The Labute approximate surface area is 111 Å². The number of aliphatic hydroxyl groups excluding tert-OH is 1. The van der Waals surface area contributed by atoms with Crippen molar-refractivity contribution in [1.82, 2.24) is 5.32 Å². The van der Waals surface area contributed by atoms with E-state index in [2.05, 4.69) is 39.9 Å². The number of hydrogen-bond acceptors (Lipinski definition) is 3. The van der Waals surface area contributed by atoms with Crippen molar-refractivity contribution < 1.29 is 9.84 Å². The Bertz CT molecular complexity index is 314. The molecule has 2 fully saturated rings. The van der Waals surface area contributed by atoms with E-state index in [1.165, 1.54) is 12.8 Å². The fourth-order valence-corrected chi connectivity index (χ4v) is 3.77. The van der Waals surface area contributed by atoms with Crippen LogP contribution in [0, 0.1) is 5.41 Å². The highest BCUT2D eigenvalue weighted by molar-refractivity contribution is 5.03. The summed E-state index contributed by atoms with van der Waals surface area (Å²) >= 11 is 0. The SMILES string of the molecule is CC1(C)CC(NC2CCCC2(C)CO)C(C)(C)O1. The van der Waals surface area contributed by atoms with Gasteiger partial charge in [-0.25, -0.2) is 0 Å². The van der Waals surface area contributed by atoms with Crippen LogP contribution in [0.15, 0.2) is 0 Å². The minimum atomic E-state index is -0.123. The van der Waals surface area contributed by atoms with Crippen molar-refractivity contribution in [3.05, 3.63) is 0 Å². The molecule has 3 unspecified atom stereocenters. The minimum absolute atomic E-state index is 0.0445. The molecule has 2 rings (SSSR count). The molecule has 0 radical (unpaired) electrons.